The lowest BCUT2D eigenvalue weighted by atomic mass is 10.1. The summed E-state index contributed by atoms with van der Waals surface area (Å²) in [7, 11) is 0. The van der Waals surface area contributed by atoms with Gasteiger partial charge in [0.15, 0.2) is 0 Å². The summed E-state index contributed by atoms with van der Waals surface area (Å²) in [6, 6.07) is 7.01. The van der Waals surface area contributed by atoms with Gasteiger partial charge in [0.1, 0.15) is 5.60 Å². The molecule has 0 saturated heterocycles. The van der Waals surface area contributed by atoms with Crippen LogP contribution in [0.5, 0.6) is 0 Å². The zero-order valence-corrected chi connectivity index (χ0v) is 12.9. The van der Waals surface area contributed by atoms with Crippen molar-refractivity contribution in [3.05, 3.63) is 42.5 Å². The normalized spacial score (nSPS) is 12.2. The van der Waals surface area contributed by atoms with Crippen molar-refractivity contribution in [3.8, 4) is 0 Å². The van der Waals surface area contributed by atoms with Gasteiger partial charge in [0.2, 0.25) is 5.91 Å². The molecule has 0 heterocycles. The molecule has 0 saturated carbocycles. The van der Waals surface area contributed by atoms with E-state index in [4.69, 9.17) is 4.74 Å². The molecule has 21 heavy (non-hydrogen) atoms. The highest BCUT2D eigenvalue weighted by molar-refractivity contribution is 5.98. The van der Waals surface area contributed by atoms with Gasteiger partial charge in [-0.05, 0) is 51.5 Å². The number of amides is 2. The predicted octanol–water partition coefficient (Wildman–Crippen LogP) is 3.40. The van der Waals surface area contributed by atoms with E-state index in [1.165, 1.54) is 6.08 Å². The first-order valence-electron chi connectivity index (χ1n) is 6.74. The molecule has 0 unspecified atom stereocenters. The Morgan fingerprint density at radius 3 is 2.29 bits per heavy atom. The average Bonchev–Trinajstić information content (AvgIpc) is 2.36. The van der Waals surface area contributed by atoms with Gasteiger partial charge < -0.3 is 15.4 Å². The van der Waals surface area contributed by atoms with Crippen LogP contribution in [0.25, 0.3) is 0 Å². The lowest BCUT2D eigenvalue weighted by molar-refractivity contribution is -0.111. The Balaban J connectivity index is 2.62. The zero-order chi connectivity index (χ0) is 16.0. The average molecular weight is 290 g/mol. The number of benzene rings is 1. The van der Waals surface area contributed by atoms with Gasteiger partial charge in [-0.2, -0.15) is 0 Å². The van der Waals surface area contributed by atoms with Crippen molar-refractivity contribution in [2.75, 3.05) is 5.32 Å². The van der Waals surface area contributed by atoms with E-state index in [2.05, 4.69) is 17.2 Å². The van der Waals surface area contributed by atoms with Crippen LogP contribution in [0, 0.1) is 0 Å². The van der Waals surface area contributed by atoms with Gasteiger partial charge in [0.05, 0.1) is 6.04 Å². The van der Waals surface area contributed by atoms with E-state index in [1.807, 2.05) is 39.8 Å². The third-order valence-electron chi connectivity index (χ3n) is 2.60. The highest BCUT2D eigenvalue weighted by Crippen LogP contribution is 2.17. The molecule has 114 valence electrons. The molecule has 0 bridgehead atoms. The van der Waals surface area contributed by atoms with Gasteiger partial charge in [0, 0.05) is 5.69 Å². The Bertz CT molecular complexity index is 515. The number of hydrogen-bond donors (Lipinski definition) is 2. The lowest BCUT2D eigenvalue weighted by Crippen LogP contribution is -2.34. The smallest absolute Gasteiger partial charge is 0.408 e. The Kier molecular flexibility index (Phi) is 5.52. The quantitative estimate of drug-likeness (QED) is 0.835. The monoisotopic (exact) mass is 290 g/mol. The summed E-state index contributed by atoms with van der Waals surface area (Å²) in [6.07, 6.45) is 0.750. The van der Waals surface area contributed by atoms with Gasteiger partial charge in [-0.25, -0.2) is 4.79 Å². The summed E-state index contributed by atoms with van der Waals surface area (Å²) in [5.41, 5.74) is 1.06. The molecule has 2 N–H and O–H groups in total. The molecular formula is C16H22N2O3. The first-order chi connectivity index (χ1) is 9.71. The summed E-state index contributed by atoms with van der Waals surface area (Å²) < 4.78 is 5.20. The highest BCUT2D eigenvalue weighted by Gasteiger charge is 2.18. The standard InChI is InChI=1S/C16H22N2O3/c1-6-14(19)18-13-9-7-12(8-10-13)11(2)17-15(20)21-16(3,4)5/h6-11H,1H2,2-5H3,(H,17,20)(H,18,19)/t11-/m1/s1. The number of hydrogen-bond acceptors (Lipinski definition) is 3. The van der Waals surface area contributed by atoms with Crippen molar-refractivity contribution in [1.82, 2.24) is 5.32 Å². The summed E-state index contributed by atoms with van der Waals surface area (Å²) in [5.74, 6) is -0.261. The van der Waals surface area contributed by atoms with Gasteiger partial charge in [-0.3, -0.25) is 4.79 Å². The minimum absolute atomic E-state index is 0.191. The second kappa shape index (κ2) is 6.92. The fourth-order valence-corrected chi connectivity index (χ4v) is 1.62. The Labute approximate surface area is 125 Å². The minimum Gasteiger partial charge on any atom is -0.444 e. The molecule has 1 atom stereocenters. The molecule has 0 spiro atoms. The molecule has 1 aromatic carbocycles. The van der Waals surface area contributed by atoms with Crippen LogP contribution in [0.15, 0.2) is 36.9 Å². The molecule has 5 heteroatoms. The summed E-state index contributed by atoms with van der Waals surface area (Å²) >= 11 is 0. The van der Waals surface area contributed by atoms with Gasteiger partial charge in [-0.15, -0.1) is 0 Å². The van der Waals surface area contributed by atoms with Crippen LogP contribution < -0.4 is 10.6 Å². The lowest BCUT2D eigenvalue weighted by Gasteiger charge is -2.22. The van der Waals surface area contributed by atoms with Crippen LogP contribution in [-0.4, -0.2) is 17.6 Å². The van der Waals surface area contributed by atoms with Gasteiger partial charge >= 0.3 is 6.09 Å². The van der Waals surface area contributed by atoms with E-state index in [0.717, 1.165) is 5.56 Å². The molecule has 1 aromatic rings. The molecule has 0 aromatic heterocycles. The number of carbonyl (C=O) groups excluding carboxylic acids is 2. The predicted molar refractivity (Wildman–Crippen MR) is 83.1 cm³/mol. The molecule has 1 rings (SSSR count). The molecule has 0 fully saturated rings. The topological polar surface area (TPSA) is 67.4 Å². The third kappa shape index (κ3) is 6.12. The molecule has 5 nitrogen and oxygen atoms in total. The summed E-state index contributed by atoms with van der Waals surface area (Å²) in [5, 5.41) is 5.42. The maximum absolute atomic E-state index is 11.7. The van der Waals surface area contributed by atoms with Crippen molar-refractivity contribution < 1.29 is 14.3 Å². The van der Waals surface area contributed by atoms with Crippen LogP contribution in [0.4, 0.5) is 10.5 Å². The maximum atomic E-state index is 11.7. The highest BCUT2D eigenvalue weighted by atomic mass is 16.6. The van der Waals surface area contributed by atoms with E-state index in [9.17, 15) is 9.59 Å². The zero-order valence-electron chi connectivity index (χ0n) is 12.9. The number of alkyl carbamates (subject to hydrolysis) is 1. The molecule has 0 aliphatic heterocycles. The summed E-state index contributed by atoms with van der Waals surface area (Å²) in [6.45, 7) is 10.7. The van der Waals surface area contributed by atoms with Crippen molar-refractivity contribution in [2.24, 2.45) is 0 Å². The Hall–Kier alpha value is -2.30. The summed E-state index contributed by atoms with van der Waals surface area (Å²) in [4.78, 5) is 22.9. The maximum Gasteiger partial charge on any atom is 0.408 e. The van der Waals surface area contributed by atoms with E-state index in [1.54, 1.807) is 12.1 Å². The molecule has 0 radical (unpaired) electrons. The first-order valence-corrected chi connectivity index (χ1v) is 6.74. The largest absolute Gasteiger partial charge is 0.444 e. The van der Waals surface area contributed by atoms with Gasteiger partial charge in [0.25, 0.3) is 0 Å². The number of carbonyl (C=O) groups is 2. The van der Waals surface area contributed by atoms with Crippen LogP contribution in [0.1, 0.15) is 39.3 Å². The number of rotatable bonds is 4. The Morgan fingerprint density at radius 1 is 1.24 bits per heavy atom. The van der Waals surface area contributed by atoms with Crippen molar-refractivity contribution >= 4 is 17.7 Å². The number of ether oxygens (including phenoxy) is 1. The van der Waals surface area contributed by atoms with Crippen LogP contribution >= 0.6 is 0 Å². The van der Waals surface area contributed by atoms with Crippen molar-refractivity contribution in [3.63, 3.8) is 0 Å². The van der Waals surface area contributed by atoms with Gasteiger partial charge in [-0.1, -0.05) is 18.7 Å². The van der Waals surface area contributed by atoms with Crippen LogP contribution in [0.3, 0.4) is 0 Å². The van der Waals surface area contributed by atoms with E-state index in [0.29, 0.717) is 5.69 Å². The first kappa shape index (κ1) is 16.8. The second-order valence-electron chi connectivity index (χ2n) is 5.68. The number of nitrogens with one attached hydrogen (secondary N) is 2. The fourth-order valence-electron chi connectivity index (χ4n) is 1.62. The number of anilines is 1. The third-order valence-corrected chi connectivity index (χ3v) is 2.60. The van der Waals surface area contributed by atoms with E-state index in [-0.39, 0.29) is 11.9 Å². The molecular weight excluding hydrogens is 268 g/mol. The van der Waals surface area contributed by atoms with E-state index >= 15 is 0 Å². The SMILES string of the molecule is C=CC(=O)Nc1ccc([C@@H](C)NC(=O)OC(C)(C)C)cc1. The fraction of sp³-hybridized carbons (Fsp3) is 0.375. The minimum atomic E-state index is -0.525. The molecule has 2 amide bonds. The molecule has 0 aliphatic carbocycles. The van der Waals surface area contributed by atoms with Crippen molar-refractivity contribution in [1.29, 1.82) is 0 Å². The molecule has 0 aliphatic rings. The van der Waals surface area contributed by atoms with Crippen LogP contribution in [-0.2, 0) is 9.53 Å². The van der Waals surface area contributed by atoms with Crippen molar-refractivity contribution in [2.45, 2.75) is 39.3 Å². The second-order valence-corrected chi connectivity index (χ2v) is 5.68. The van der Waals surface area contributed by atoms with Crippen LogP contribution in [0.2, 0.25) is 0 Å². The van der Waals surface area contributed by atoms with E-state index < -0.39 is 11.7 Å². The Morgan fingerprint density at radius 2 is 1.81 bits per heavy atom.